The Bertz CT molecular complexity index is 2780. The molecule has 9 amide bonds. The van der Waals surface area contributed by atoms with E-state index in [1.165, 1.54) is 41.7 Å². The number of aromatic amines is 1. The highest BCUT2D eigenvalue weighted by Gasteiger charge is 2.40. The van der Waals surface area contributed by atoms with Crippen molar-refractivity contribution in [3.05, 3.63) is 83.9 Å². The van der Waals surface area contributed by atoms with Crippen molar-refractivity contribution in [2.24, 2.45) is 33.7 Å². The zero-order valence-corrected chi connectivity index (χ0v) is 46.9. The van der Waals surface area contributed by atoms with E-state index in [2.05, 4.69) is 52.2 Å². The van der Waals surface area contributed by atoms with E-state index in [0.29, 0.717) is 49.0 Å². The SMILES string of the molecule is C[C@@H](O)[C@H](NC(=O)[C@@H]1CCCN1C(=O)[C@@H](N)CCCCN)C(=O)N[C@@H](CC(=O)O)C(=O)N[C@@H](CCCN=C(N)N)C(=O)N[C@@H](CCC(N)=O)C(=O)N[C@@H](Cc1ccc(O)cc1)C(=O)N[C@@H](Cc1cnc[nH]1)C(=O)N[C@@H](Cc1ccccc1)C(=O)O. The Morgan fingerprint density at radius 1 is 0.682 bits per heavy atom. The van der Waals surface area contributed by atoms with Gasteiger partial charge in [-0.1, -0.05) is 48.9 Å². The highest BCUT2D eigenvalue weighted by atomic mass is 16.4. The first-order chi connectivity index (χ1) is 40.4. The number of phenols is 1. The van der Waals surface area contributed by atoms with Gasteiger partial charge in [-0.2, -0.15) is 0 Å². The summed E-state index contributed by atoms with van der Waals surface area (Å²) in [7, 11) is 0. The number of imidazole rings is 1. The number of hydrogen-bond donors (Lipinski definition) is 17. The van der Waals surface area contributed by atoms with Crippen LogP contribution in [0.3, 0.4) is 0 Å². The van der Waals surface area contributed by atoms with Crippen molar-refractivity contribution in [1.82, 2.24) is 52.1 Å². The standard InChI is InChI=1S/C54H78N16O15/c1-29(71)44(69-50(81)41-13-8-22-70(41)52(83)34(56)11-5-6-20-55)51(82)67-39(26-43(74)75)49(80)63-35(12-7-21-61-54(58)59)45(76)64-36(18-19-42(57)73)46(77)65-37(23-31-14-16-33(72)17-15-31)47(78)66-38(25-32-27-60-28-62-32)48(79)68-40(53(84)85)24-30-9-3-2-4-10-30/h2-4,9-10,14-17,27-29,34-41,44,71-72H,5-8,11-13,18-26,55-56H2,1H3,(H2,57,73)(H,60,62)(H,63,80)(H,64,76)(H,65,77)(H,66,78)(H,67,82)(H,68,79)(H,69,81)(H,74,75)(H,84,85)(H4,58,59,61)/t29-,34+,35+,36+,37+,38+,39+,40+,41+,44+/m1/s1. The first-order valence-corrected chi connectivity index (χ1v) is 27.5. The van der Waals surface area contributed by atoms with Gasteiger partial charge < -0.3 is 96.2 Å². The molecule has 1 fully saturated rings. The van der Waals surface area contributed by atoms with Crippen molar-refractivity contribution >= 4 is 71.1 Å². The molecular weight excluding hydrogens is 1110 g/mol. The zero-order chi connectivity index (χ0) is 62.8. The fourth-order valence-corrected chi connectivity index (χ4v) is 9.09. The number of H-pyrrole nitrogens is 1. The van der Waals surface area contributed by atoms with Crippen molar-refractivity contribution in [1.29, 1.82) is 0 Å². The average Bonchev–Trinajstić information content (AvgIpc) is 3.56. The number of unbranched alkanes of at least 4 members (excludes halogenated alkanes) is 1. The summed E-state index contributed by atoms with van der Waals surface area (Å²) in [4.78, 5) is 161. The third-order valence-corrected chi connectivity index (χ3v) is 13.6. The number of nitrogens with two attached hydrogens (primary N) is 5. The minimum atomic E-state index is -2.00. The maximum absolute atomic E-state index is 14.5. The van der Waals surface area contributed by atoms with Crippen LogP contribution >= 0.6 is 0 Å². The lowest BCUT2D eigenvalue weighted by Crippen LogP contribution is -2.62. The molecular formula is C54H78N16O15. The molecule has 10 atom stereocenters. The quantitative estimate of drug-likeness (QED) is 0.0148. The molecule has 4 rings (SSSR count). The van der Waals surface area contributed by atoms with Crippen LogP contribution in [0, 0.1) is 0 Å². The number of phenolic OH excluding ortho intramolecular Hbond substituents is 1. The van der Waals surface area contributed by atoms with Crippen LogP contribution in [-0.4, -0.2) is 186 Å². The van der Waals surface area contributed by atoms with Crippen LogP contribution in [0.25, 0.3) is 0 Å². The lowest BCUT2D eigenvalue weighted by atomic mass is 10.0. The summed E-state index contributed by atoms with van der Waals surface area (Å²) in [5.41, 5.74) is 29.4. The summed E-state index contributed by atoms with van der Waals surface area (Å²) >= 11 is 0. The Hall–Kier alpha value is -9.23. The Labute approximate surface area is 488 Å². The fourth-order valence-electron chi connectivity index (χ4n) is 9.09. The van der Waals surface area contributed by atoms with Crippen molar-refractivity contribution in [2.75, 3.05) is 19.6 Å². The minimum absolute atomic E-state index is 0.0541. The number of guanidine groups is 1. The number of rotatable bonds is 36. The third kappa shape index (κ3) is 23.2. The first-order valence-electron chi connectivity index (χ1n) is 27.5. The highest BCUT2D eigenvalue weighted by Crippen LogP contribution is 2.20. The summed E-state index contributed by atoms with van der Waals surface area (Å²) in [5.74, 6) is -12.5. The molecule has 2 aromatic carbocycles. The molecule has 0 bridgehead atoms. The minimum Gasteiger partial charge on any atom is -0.508 e. The van der Waals surface area contributed by atoms with Crippen LogP contribution in [0.15, 0.2) is 72.1 Å². The molecule has 0 saturated carbocycles. The molecule has 85 heavy (non-hydrogen) atoms. The number of aliphatic carboxylic acids is 2. The maximum atomic E-state index is 14.5. The summed E-state index contributed by atoms with van der Waals surface area (Å²) in [6.45, 7) is 1.58. The number of aliphatic imine (C=N–C) groups is 1. The number of carbonyl (C=O) groups is 11. The molecule has 2 heterocycles. The largest absolute Gasteiger partial charge is 0.508 e. The van der Waals surface area contributed by atoms with Crippen LogP contribution < -0.4 is 65.9 Å². The predicted molar refractivity (Wildman–Crippen MR) is 303 cm³/mol. The molecule has 0 radical (unpaired) electrons. The van der Waals surface area contributed by atoms with Crippen molar-refractivity contribution in [3.63, 3.8) is 0 Å². The van der Waals surface area contributed by atoms with Gasteiger partial charge in [-0.15, -0.1) is 0 Å². The Morgan fingerprint density at radius 3 is 1.80 bits per heavy atom. The molecule has 0 spiro atoms. The summed E-state index contributed by atoms with van der Waals surface area (Å²) in [6, 6.07) is -0.0103. The van der Waals surface area contributed by atoms with E-state index in [1.54, 1.807) is 30.3 Å². The van der Waals surface area contributed by atoms with Crippen molar-refractivity contribution in [2.45, 2.75) is 151 Å². The number of aliphatic hydroxyl groups is 1. The Kier molecular flexibility index (Phi) is 27.6. The van der Waals surface area contributed by atoms with Crippen LogP contribution in [0.5, 0.6) is 5.75 Å². The summed E-state index contributed by atoms with van der Waals surface area (Å²) in [5, 5.41) is 57.7. The smallest absolute Gasteiger partial charge is 0.326 e. The number of primary amides is 1. The number of nitrogens with one attached hydrogen (secondary N) is 8. The van der Waals surface area contributed by atoms with Crippen molar-refractivity contribution < 1.29 is 73.2 Å². The van der Waals surface area contributed by atoms with E-state index in [9.17, 15) is 73.2 Å². The van der Waals surface area contributed by atoms with Gasteiger partial charge >= 0.3 is 11.9 Å². The lowest BCUT2D eigenvalue weighted by Gasteiger charge is -2.30. The molecule has 1 saturated heterocycles. The van der Waals surface area contributed by atoms with Gasteiger partial charge in [0, 0.05) is 50.7 Å². The molecule has 464 valence electrons. The molecule has 31 heteroatoms. The fraction of sp³-hybridized carbons (Fsp3) is 0.500. The number of nitrogens with zero attached hydrogens (tertiary/aromatic N) is 3. The Balaban J connectivity index is 1.61. The number of aromatic nitrogens is 2. The second-order valence-electron chi connectivity index (χ2n) is 20.4. The van der Waals surface area contributed by atoms with Gasteiger partial charge in [-0.3, -0.25) is 52.9 Å². The van der Waals surface area contributed by atoms with E-state index in [1.807, 2.05) is 0 Å². The predicted octanol–water partition coefficient (Wildman–Crippen LogP) is -4.76. The van der Waals surface area contributed by atoms with Gasteiger partial charge in [0.05, 0.1) is 24.9 Å². The van der Waals surface area contributed by atoms with E-state index in [0.717, 1.165) is 6.92 Å². The molecule has 1 aliphatic rings. The lowest BCUT2D eigenvalue weighted by molar-refractivity contribution is -0.143. The molecule has 1 aromatic heterocycles. The molecule has 0 unspecified atom stereocenters. The molecule has 3 aromatic rings. The van der Waals surface area contributed by atoms with Gasteiger partial charge in [0.15, 0.2) is 5.96 Å². The van der Waals surface area contributed by atoms with Crippen molar-refractivity contribution in [3.8, 4) is 5.75 Å². The number of benzene rings is 2. The number of carboxylic acid groups (broad SMARTS) is 2. The topological polar surface area (TPSA) is 527 Å². The number of carbonyl (C=O) groups excluding carboxylic acids is 9. The average molecular weight is 1190 g/mol. The maximum Gasteiger partial charge on any atom is 0.326 e. The van der Waals surface area contributed by atoms with Gasteiger partial charge in [0.25, 0.3) is 0 Å². The van der Waals surface area contributed by atoms with E-state index < -0.39 is 145 Å². The van der Waals surface area contributed by atoms with E-state index in [4.69, 9.17) is 28.7 Å². The van der Waals surface area contributed by atoms with Gasteiger partial charge in [-0.25, -0.2) is 9.78 Å². The number of carboxylic acids is 2. The zero-order valence-electron chi connectivity index (χ0n) is 46.9. The van der Waals surface area contributed by atoms with Gasteiger partial charge in [-0.05, 0) is 81.7 Å². The molecule has 1 aliphatic heterocycles. The van der Waals surface area contributed by atoms with Crippen LogP contribution in [0.2, 0.25) is 0 Å². The third-order valence-electron chi connectivity index (χ3n) is 13.6. The molecule has 31 nitrogen and oxygen atoms in total. The first kappa shape index (κ1) is 68.3. The monoisotopic (exact) mass is 1190 g/mol. The van der Waals surface area contributed by atoms with Crippen LogP contribution in [-0.2, 0) is 72.0 Å². The van der Waals surface area contributed by atoms with E-state index >= 15 is 0 Å². The van der Waals surface area contributed by atoms with Gasteiger partial charge in [0.1, 0.15) is 54.1 Å². The number of likely N-dealkylation sites (tertiary alicyclic amines) is 1. The number of aliphatic hydroxyl groups excluding tert-OH is 1. The number of hydrogen-bond acceptors (Lipinski definition) is 17. The molecule has 22 N–H and O–H groups in total. The normalized spacial score (nSPS) is 16.0. The van der Waals surface area contributed by atoms with Crippen LogP contribution in [0.1, 0.15) is 88.0 Å². The Morgan fingerprint density at radius 2 is 1.24 bits per heavy atom. The van der Waals surface area contributed by atoms with E-state index in [-0.39, 0.29) is 63.3 Å². The highest BCUT2D eigenvalue weighted by molar-refractivity contribution is 5.99. The van der Waals surface area contributed by atoms with Crippen LogP contribution in [0.4, 0.5) is 0 Å². The number of amides is 9. The summed E-state index contributed by atoms with van der Waals surface area (Å²) in [6.07, 6.45) is -0.183. The summed E-state index contributed by atoms with van der Waals surface area (Å²) < 4.78 is 0. The second-order valence-corrected chi connectivity index (χ2v) is 20.4. The second kappa shape index (κ2) is 34.4. The number of aromatic hydroxyl groups is 1. The molecule has 0 aliphatic carbocycles. The van der Waals surface area contributed by atoms with Gasteiger partial charge in [0.2, 0.25) is 53.2 Å².